The topological polar surface area (TPSA) is 175 Å². The molecule has 404 valence electrons. The number of rotatable bonds is 17. The second-order valence-corrected chi connectivity index (χ2v) is 23.7. The molecule has 5 heterocycles. The van der Waals surface area contributed by atoms with Crippen molar-refractivity contribution in [1.82, 2.24) is 24.5 Å². The van der Waals surface area contributed by atoms with E-state index in [4.69, 9.17) is 18.9 Å². The van der Waals surface area contributed by atoms with Gasteiger partial charge in [-0.1, -0.05) is 57.2 Å². The number of quaternary nitrogens is 1. The number of anilines is 2. The summed E-state index contributed by atoms with van der Waals surface area (Å²) in [6, 6.07) is 25.9. The number of amides is 1. The Bertz CT molecular complexity index is 3060. The number of aromatic nitrogens is 2. The fraction of sp³-hybridized carbons (Fsp3) is 0.466. The molecular weight excluding hydrogens is 988 g/mol. The lowest BCUT2D eigenvalue weighted by Crippen LogP contribution is -2.98. The van der Waals surface area contributed by atoms with E-state index in [0.29, 0.717) is 37.4 Å². The van der Waals surface area contributed by atoms with Crippen LogP contribution in [0.3, 0.4) is 0 Å². The van der Waals surface area contributed by atoms with Crippen LogP contribution in [0.15, 0.2) is 96.0 Å². The average Bonchev–Trinajstić information content (AvgIpc) is 3.78. The Morgan fingerprint density at radius 1 is 0.947 bits per heavy atom. The van der Waals surface area contributed by atoms with Gasteiger partial charge in [-0.25, -0.2) is 27.5 Å². The van der Waals surface area contributed by atoms with Crippen LogP contribution in [0.25, 0.3) is 5.83 Å². The lowest BCUT2D eigenvalue weighted by Gasteiger charge is -2.58. The summed E-state index contributed by atoms with van der Waals surface area (Å²) in [4.78, 5) is 30.5. The number of pyridine rings is 2. The summed E-state index contributed by atoms with van der Waals surface area (Å²) in [5, 5.41) is 15.7. The third-order valence-corrected chi connectivity index (χ3v) is 17.9. The number of methoxy groups -OCH3 is 2. The molecule has 1 spiro atoms. The number of carbonyl (C=O) groups is 1. The Morgan fingerprint density at radius 2 is 1.70 bits per heavy atom. The number of hydroxylamine groups is 1. The van der Waals surface area contributed by atoms with Crippen LogP contribution >= 0.6 is 0 Å². The van der Waals surface area contributed by atoms with Gasteiger partial charge in [-0.05, 0) is 108 Å². The van der Waals surface area contributed by atoms with Gasteiger partial charge in [-0.15, -0.1) is 0 Å². The summed E-state index contributed by atoms with van der Waals surface area (Å²) in [7, 11) is -0.107. The monoisotopic (exact) mass is 1060 g/mol. The average molecular weight is 1060 g/mol. The van der Waals surface area contributed by atoms with Crippen molar-refractivity contribution in [2.75, 3.05) is 84.0 Å². The number of benzene rings is 3. The molecule has 1 saturated carbocycles. The summed E-state index contributed by atoms with van der Waals surface area (Å²) in [5.74, 6) is 0.269. The standard InChI is InChI=1S/C58H71FN8O8S/c1-38(2)44-9-7-8-10-45(44)51-36-65(35-39-11-14-42(72-5)15-12-39)25-26-67(51)41-32-58(33-41)19-23-66(24-20-58)40-13-16-46(52(29-40)75-53-31-47-48(59)17-18-49(47)62-56(53)73-6)55(68)63-76(70,71)43-30-50(64(4)69)54(60-34-43)61-37-57(3)21-27-74-28-22-57/h7-17,29-31,34,38,41,51,64H,18-28,32-33,35-37H2,1-6H3,(H,60,61)(H,63,68)/t51-/m0/s1. The first-order valence-electron chi connectivity index (χ1n) is 26.6. The maximum Gasteiger partial charge on any atom is 0.268 e. The van der Waals surface area contributed by atoms with Gasteiger partial charge in [0.15, 0.2) is 17.3 Å². The Labute approximate surface area is 446 Å². The highest BCUT2D eigenvalue weighted by atomic mass is 32.2. The molecule has 4 fully saturated rings. The van der Waals surface area contributed by atoms with Gasteiger partial charge >= 0.3 is 0 Å². The molecule has 5 aliphatic rings. The minimum atomic E-state index is -4.57. The first-order valence-corrected chi connectivity index (χ1v) is 28.1. The van der Waals surface area contributed by atoms with Crippen LogP contribution in [0.4, 0.5) is 21.6 Å². The van der Waals surface area contributed by atoms with Crippen molar-refractivity contribution in [3.63, 3.8) is 0 Å². The number of halogens is 1. The van der Waals surface area contributed by atoms with Gasteiger partial charge in [0.25, 0.3) is 21.8 Å². The van der Waals surface area contributed by atoms with Crippen molar-refractivity contribution in [1.29, 1.82) is 0 Å². The minimum Gasteiger partial charge on any atom is -0.629 e. The van der Waals surface area contributed by atoms with Crippen LogP contribution in [0.5, 0.6) is 23.1 Å². The van der Waals surface area contributed by atoms with E-state index in [9.17, 15) is 18.4 Å². The quantitative estimate of drug-likeness (QED) is 0.0756. The molecule has 2 atom stereocenters. The number of piperidine rings is 1. The van der Waals surface area contributed by atoms with Gasteiger partial charge < -0.3 is 39.4 Å². The largest absolute Gasteiger partial charge is 0.629 e. The molecule has 76 heavy (non-hydrogen) atoms. The van der Waals surface area contributed by atoms with Crippen molar-refractivity contribution >= 4 is 38.9 Å². The molecule has 0 radical (unpaired) electrons. The molecule has 3 N–H and O–H groups in total. The molecule has 16 nitrogen and oxygen atoms in total. The lowest BCUT2D eigenvalue weighted by molar-refractivity contribution is -0.751. The number of hydrogen-bond donors (Lipinski definition) is 3. The second kappa shape index (κ2) is 22.1. The van der Waals surface area contributed by atoms with E-state index in [1.165, 1.54) is 49.1 Å². The van der Waals surface area contributed by atoms with Crippen molar-refractivity contribution < 1.29 is 41.6 Å². The Balaban J connectivity index is 0.860. The number of ether oxygens (including phenoxy) is 4. The zero-order valence-electron chi connectivity index (χ0n) is 44.5. The smallest absolute Gasteiger partial charge is 0.268 e. The highest BCUT2D eigenvalue weighted by Crippen LogP contribution is 2.54. The number of allylic oxidation sites excluding steroid dienone is 1. The van der Waals surface area contributed by atoms with Crippen molar-refractivity contribution in [2.45, 2.75) is 95.2 Å². The van der Waals surface area contributed by atoms with Crippen LogP contribution in [0.1, 0.15) is 110 Å². The van der Waals surface area contributed by atoms with E-state index in [1.54, 1.807) is 25.3 Å². The van der Waals surface area contributed by atoms with Crippen LogP contribution in [0, 0.1) is 16.0 Å². The minimum absolute atomic E-state index is 0.0270. The number of fused-ring (bicyclic) bond motifs is 1. The van der Waals surface area contributed by atoms with E-state index in [2.05, 4.69) is 91.9 Å². The SMILES string of the molecule is COc1ccc(CN2CCN(C3CC4(CCN(c5ccc(C(=O)NS(=O)(=O)c6cnc(NCC7(C)CCOCC7)c([NH+](C)[O-])c6)c(Oc6cc7c(nc6OC)CC=C7F)c5)CC4)C3)[C@H](c3ccccc3C(C)C)C2)cc1. The molecule has 18 heteroatoms. The van der Waals surface area contributed by atoms with Gasteiger partial charge in [-0.2, -0.15) is 0 Å². The molecule has 3 saturated heterocycles. The summed E-state index contributed by atoms with van der Waals surface area (Å²) in [6.45, 7) is 13.8. The Morgan fingerprint density at radius 3 is 2.41 bits per heavy atom. The molecule has 2 aromatic heterocycles. The summed E-state index contributed by atoms with van der Waals surface area (Å²) in [6.07, 6.45) is 8.70. The van der Waals surface area contributed by atoms with Crippen molar-refractivity contribution in [3.05, 3.63) is 130 Å². The first-order chi connectivity index (χ1) is 36.5. The van der Waals surface area contributed by atoms with Gasteiger partial charge in [0.05, 0.1) is 38.7 Å². The number of piperazine rings is 1. The predicted molar refractivity (Wildman–Crippen MR) is 291 cm³/mol. The van der Waals surface area contributed by atoms with E-state index >= 15 is 4.39 Å². The summed E-state index contributed by atoms with van der Waals surface area (Å²) >= 11 is 0. The molecule has 2 aliphatic carbocycles. The number of nitrogens with one attached hydrogen (secondary N) is 3. The number of hydrogen-bond acceptors (Lipinski definition) is 14. The maximum absolute atomic E-state index is 15.0. The molecule has 3 aliphatic heterocycles. The van der Waals surface area contributed by atoms with E-state index in [1.807, 2.05) is 12.1 Å². The number of carbonyl (C=O) groups excluding carboxylic acids is 1. The maximum atomic E-state index is 15.0. The van der Waals surface area contributed by atoms with Crippen molar-refractivity contribution in [2.24, 2.45) is 10.8 Å². The van der Waals surface area contributed by atoms with Gasteiger partial charge in [-0.3, -0.25) is 14.6 Å². The first kappa shape index (κ1) is 53.3. The fourth-order valence-electron chi connectivity index (χ4n) is 11.9. The molecule has 10 rings (SSSR count). The molecule has 3 aromatic carbocycles. The van der Waals surface area contributed by atoms with Gasteiger partial charge in [0.2, 0.25) is 0 Å². The molecule has 5 aromatic rings. The highest BCUT2D eigenvalue weighted by molar-refractivity contribution is 7.90. The third-order valence-electron chi connectivity index (χ3n) is 16.6. The zero-order chi connectivity index (χ0) is 53.4. The van der Waals surface area contributed by atoms with E-state index < -0.39 is 26.8 Å². The summed E-state index contributed by atoms with van der Waals surface area (Å²) in [5.41, 5.74) is 5.72. The Kier molecular flexibility index (Phi) is 15.5. The normalized spacial score (nSPS) is 20.1. The second-order valence-electron chi connectivity index (χ2n) is 22.0. The molecule has 1 unspecified atom stereocenters. The number of nitrogens with zero attached hydrogens (tertiary/aromatic N) is 5. The van der Waals surface area contributed by atoms with Crippen LogP contribution in [-0.2, 0) is 27.7 Å². The fourth-order valence-corrected chi connectivity index (χ4v) is 12.9. The zero-order valence-corrected chi connectivity index (χ0v) is 45.3. The Hall–Kier alpha value is -6.15. The van der Waals surface area contributed by atoms with Gasteiger partial charge in [0.1, 0.15) is 22.2 Å². The van der Waals surface area contributed by atoms with Crippen LogP contribution in [-0.4, -0.2) is 114 Å². The molecule has 0 bridgehead atoms. The van der Waals surface area contributed by atoms with Gasteiger partial charge in [0, 0.05) is 101 Å². The molecule has 1 amide bonds. The molecular formula is C58H71FN8O8S. The highest BCUT2D eigenvalue weighted by Gasteiger charge is 2.50. The van der Waals surface area contributed by atoms with E-state index in [-0.39, 0.29) is 68.2 Å². The number of sulfonamides is 1. The van der Waals surface area contributed by atoms with E-state index in [0.717, 1.165) is 95.4 Å². The van der Waals surface area contributed by atoms with Crippen LogP contribution < -0.4 is 34.2 Å². The third kappa shape index (κ3) is 11.3. The van der Waals surface area contributed by atoms with Crippen molar-refractivity contribution in [3.8, 4) is 23.1 Å². The van der Waals surface area contributed by atoms with Crippen LogP contribution in [0.2, 0.25) is 0 Å². The summed E-state index contributed by atoms with van der Waals surface area (Å²) < 4.78 is 68.2. The lowest BCUT2D eigenvalue weighted by atomic mass is 9.59. The predicted octanol–water partition coefficient (Wildman–Crippen LogP) is 8.58.